The van der Waals surface area contributed by atoms with Crippen molar-refractivity contribution in [3.8, 4) is 10.8 Å². The molecule has 3 rings (SSSR count). The average molecular weight is 262 g/mol. The molecule has 0 bridgehead atoms. The monoisotopic (exact) mass is 262 g/mol. The van der Waals surface area contributed by atoms with Gasteiger partial charge in [0, 0.05) is 17.5 Å². The van der Waals surface area contributed by atoms with Crippen molar-refractivity contribution in [2.75, 3.05) is 0 Å². The molecule has 0 aromatic carbocycles. The van der Waals surface area contributed by atoms with Gasteiger partial charge in [0.1, 0.15) is 0 Å². The van der Waals surface area contributed by atoms with Crippen LogP contribution in [0.4, 0.5) is 0 Å². The smallest absolute Gasteiger partial charge is 0.162 e. The first-order chi connectivity index (χ1) is 8.86. The number of nitrogens with one attached hydrogen (secondary N) is 1. The van der Waals surface area contributed by atoms with Crippen LogP contribution in [0, 0.1) is 0 Å². The molecule has 1 N–H and O–H groups in total. The van der Waals surface area contributed by atoms with Crippen LogP contribution < -0.4 is 5.32 Å². The van der Waals surface area contributed by atoms with E-state index in [4.69, 9.17) is 9.40 Å². The molecule has 2 heterocycles. The molecule has 0 atom stereocenters. The fourth-order valence-electron chi connectivity index (χ4n) is 1.98. The highest BCUT2D eigenvalue weighted by molar-refractivity contribution is 7.15. The second-order valence-electron chi connectivity index (χ2n) is 4.77. The van der Waals surface area contributed by atoms with Gasteiger partial charge in [0.05, 0.1) is 12.0 Å². The Morgan fingerprint density at radius 1 is 1.50 bits per heavy atom. The van der Waals surface area contributed by atoms with Gasteiger partial charge in [-0.3, -0.25) is 0 Å². The van der Waals surface area contributed by atoms with Crippen LogP contribution in [0.15, 0.2) is 22.8 Å². The molecule has 0 radical (unpaired) electrons. The highest BCUT2D eigenvalue weighted by Crippen LogP contribution is 2.30. The molecular weight excluding hydrogens is 244 g/mol. The summed E-state index contributed by atoms with van der Waals surface area (Å²) in [4.78, 5) is 6.10. The lowest BCUT2D eigenvalue weighted by molar-refractivity contribution is 0.581. The number of aryl methyl sites for hydroxylation is 1. The number of furan rings is 1. The molecule has 0 saturated heterocycles. The summed E-state index contributed by atoms with van der Waals surface area (Å²) >= 11 is 1.76. The normalized spacial score (nSPS) is 15.2. The van der Waals surface area contributed by atoms with E-state index in [2.05, 4.69) is 12.2 Å². The van der Waals surface area contributed by atoms with Gasteiger partial charge in [-0.15, -0.1) is 11.3 Å². The van der Waals surface area contributed by atoms with Crippen LogP contribution in [0.25, 0.3) is 10.8 Å². The zero-order chi connectivity index (χ0) is 12.4. The van der Waals surface area contributed by atoms with Gasteiger partial charge >= 0.3 is 0 Å². The Bertz CT molecular complexity index is 500. The van der Waals surface area contributed by atoms with Crippen LogP contribution in [0.1, 0.15) is 36.8 Å². The quantitative estimate of drug-likeness (QED) is 0.864. The highest BCUT2D eigenvalue weighted by Gasteiger charge is 2.21. The number of thiazole rings is 1. The van der Waals surface area contributed by atoms with Gasteiger partial charge in [0.25, 0.3) is 0 Å². The molecule has 2 aromatic rings. The van der Waals surface area contributed by atoms with E-state index >= 15 is 0 Å². The van der Waals surface area contributed by atoms with E-state index in [1.807, 2.05) is 12.1 Å². The molecule has 2 aromatic heterocycles. The summed E-state index contributed by atoms with van der Waals surface area (Å²) in [6.07, 6.45) is 6.55. The van der Waals surface area contributed by atoms with Crippen molar-refractivity contribution in [3.05, 3.63) is 29.0 Å². The maximum Gasteiger partial charge on any atom is 0.162 e. The average Bonchev–Trinajstić information content (AvgIpc) is 2.90. The summed E-state index contributed by atoms with van der Waals surface area (Å²) in [6.45, 7) is 3.16. The molecule has 1 fully saturated rings. The Balaban J connectivity index is 1.80. The van der Waals surface area contributed by atoms with Crippen LogP contribution in [0.3, 0.4) is 0 Å². The molecule has 0 spiro atoms. The van der Waals surface area contributed by atoms with E-state index in [1.54, 1.807) is 17.6 Å². The van der Waals surface area contributed by atoms with Gasteiger partial charge in [-0.05, 0) is 31.4 Å². The molecule has 18 heavy (non-hydrogen) atoms. The third-order valence-electron chi connectivity index (χ3n) is 3.13. The Morgan fingerprint density at radius 2 is 2.39 bits per heavy atom. The first-order valence-electron chi connectivity index (χ1n) is 6.62. The summed E-state index contributed by atoms with van der Waals surface area (Å²) in [5.74, 6) is 0.884. The van der Waals surface area contributed by atoms with Crippen LogP contribution in [-0.4, -0.2) is 11.0 Å². The number of nitrogens with zero attached hydrogens (tertiary/aromatic N) is 1. The lowest BCUT2D eigenvalue weighted by atomic mass is 10.2. The Kier molecular flexibility index (Phi) is 3.48. The summed E-state index contributed by atoms with van der Waals surface area (Å²) in [5.41, 5.74) is 1.24. The van der Waals surface area contributed by atoms with E-state index < -0.39 is 0 Å². The molecule has 3 nitrogen and oxygen atoms in total. The number of hydrogen-bond acceptors (Lipinski definition) is 4. The van der Waals surface area contributed by atoms with Crippen LogP contribution in [0.2, 0.25) is 0 Å². The largest absolute Gasteiger partial charge is 0.462 e. The SMILES string of the molecule is CCCc1nc(-c2ccco2)sc1CNC1CC1. The molecule has 96 valence electrons. The topological polar surface area (TPSA) is 38.1 Å². The minimum atomic E-state index is 0.744. The second-order valence-corrected chi connectivity index (χ2v) is 5.85. The minimum absolute atomic E-state index is 0.744. The van der Waals surface area contributed by atoms with Gasteiger partial charge in [0.2, 0.25) is 0 Å². The Hall–Kier alpha value is -1.13. The van der Waals surface area contributed by atoms with Crippen molar-refractivity contribution < 1.29 is 4.42 Å². The van der Waals surface area contributed by atoms with E-state index in [0.29, 0.717) is 0 Å². The number of hydrogen-bond donors (Lipinski definition) is 1. The van der Waals surface area contributed by atoms with E-state index in [1.165, 1.54) is 23.4 Å². The maximum atomic E-state index is 5.43. The summed E-state index contributed by atoms with van der Waals surface area (Å²) in [6, 6.07) is 4.64. The first kappa shape index (κ1) is 11.9. The van der Waals surface area contributed by atoms with Gasteiger partial charge in [-0.25, -0.2) is 4.98 Å². The zero-order valence-electron chi connectivity index (χ0n) is 10.6. The first-order valence-corrected chi connectivity index (χ1v) is 7.44. The van der Waals surface area contributed by atoms with Crippen molar-refractivity contribution in [2.45, 2.75) is 45.2 Å². The fraction of sp³-hybridized carbons (Fsp3) is 0.500. The van der Waals surface area contributed by atoms with Crippen LogP contribution in [-0.2, 0) is 13.0 Å². The molecule has 0 unspecified atom stereocenters. The second kappa shape index (κ2) is 5.24. The van der Waals surface area contributed by atoms with Crippen LogP contribution >= 0.6 is 11.3 Å². The zero-order valence-corrected chi connectivity index (χ0v) is 11.4. The third-order valence-corrected chi connectivity index (χ3v) is 4.24. The molecule has 1 aliphatic rings. The number of rotatable bonds is 6. The molecule has 1 aliphatic carbocycles. The summed E-state index contributed by atoms with van der Waals surface area (Å²) in [7, 11) is 0. The molecule has 1 saturated carbocycles. The third kappa shape index (κ3) is 2.65. The van der Waals surface area contributed by atoms with Gasteiger partial charge < -0.3 is 9.73 Å². The predicted molar refractivity (Wildman–Crippen MR) is 73.7 cm³/mol. The van der Waals surface area contributed by atoms with Crippen molar-refractivity contribution >= 4 is 11.3 Å². The van der Waals surface area contributed by atoms with E-state index in [0.717, 1.165) is 36.2 Å². The van der Waals surface area contributed by atoms with E-state index in [9.17, 15) is 0 Å². The van der Waals surface area contributed by atoms with Gasteiger partial charge in [0.15, 0.2) is 10.8 Å². The van der Waals surface area contributed by atoms with Crippen molar-refractivity contribution in [1.29, 1.82) is 0 Å². The van der Waals surface area contributed by atoms with Crippen molar-refractivity contribution in [2.24, 2.45) is 0 Å². The number of aromatic nitrogens is 1. The Morgan fingerprint density at radius 3 is 3.06 bits per heavy atom. The molecule has 4 heteroatoms. The lowest BCUT2D eigenvalue weighted by Gasteiger charge is -2.01. The Labute approximate surface area is 111 Å². The minimum Gasteiger partial charge on any atom is -0.462 e. The molecule has 0 aliphatic heterocycles. The summed E-state index contributed by atoms with van der Waals surface area (Å²) in [5, 5.41) is 4.58. The van der Waals surface area contributed by atoms with Gasteiger partial charge in [-0.2, -0.15) is 0 Å². The molecular formula is C14H18N2OS. The summed E-state index contributed by atoms with van der Waals surface area (Å²) < 4.78 is 5.43. The van der Waals surface area contributed by atoms with Gasteiger partial charge in [-0.1, -0.05) is 13.3 Å². The van der Waals surface area contributed by atoms with Crippen LogP contribution in [0.5, 0.6) is 0 Å². The van der Waals surface area contributed by atoms with Crippen molar-refractivity contribution in [1.82, 2.24) is 10.3 Å². The predicted octanol–water partition coefficient (Wildman–Crippen LogP) is 3.61. The van der Waals surface area contributed by atoms with Crippen molar-refractivity contribution in [3.63, 3.8) is 0 Å². The maximum absolute atomic E-state index is 5.43. The van der Waals surface area contributed by atoms with E-state index in [-0.39, 0.29) is 0 Å². The molecule has 0 amide bonds. The highest BCUT2D eigenvalue weighted by atomic mass is 32.1. The lowest BCUT2D eigenvalue weighted by Crippen LogP contribution is -2.15. The fourth-order valence-corrected chi connectivity index (χ4v) is 3.01. The standard InChI is InChI=1S/C14H18N2OS/c1-2-4-11-13(9-15-10-6-7-10)18-14(16-11)12-5-3-8-17-12/h3,5,8,10,15H,2,4,6-7,9H2,1H3.